The lowest BCUT2D eigenvalue weighted by molar-refractivity contribution is -0.140. The van der Waals surface area contributed by atoms with Gasteiger partial charge in [0.05, 0.1) is 17.1 Å². The lowest BCUT2D eigenvalue weighted by Gasteiger charge is -2.26. The Balaban J connectivity index is 1.47. The topological polar surface area (TPSA) is 85.5 Å². The van der Waals surface area contributed by atoms with Crippen molar-refractivity contribution in [1.29, 1.82) is 0 Å². The fourth-order valence-electron chi connectivity index (χ4n) is 3.86. The Morgan fingerprint density at radius 2 is 1.74 bits per heavy atom. The van der Waals surface area contributed by atoms with Gasteiger partial charge >= 0.3 is 12.4 Å². The summed E-state index contributed by atoms with van der Waals surface area (Å²) in [5, 5.41) is 5.26. The Bertz CT molecular complexity index is 1650. The molecule has 5 rings (SSSR count). The standard InChI is InChI=1S/C23H15ClF6N8S/c1-11(37(2)20-14-5-13(24)6-15(22(25,26)27)18(14)32-9-33-20)19-34-10-35-38(19)17-4-3-12(7-31-17)21-36-16(8-39-21)23(28,29)30/h3-11H,1-2H3. The van der Waals surface area contributed by atoms with Crippen LogP contribution in [0.15, 0.2) is 48.5 Å². The molecule has 4 heterocycles. The van der Waals surface area contributed by atoms with Gasteiger partial charge in [0, 0.05) is 34.6 Å². The number of nitrogens with zero attached hydrogens (tertiary/aromatic N) is 8. The van der Waals surface area contributed by atoms with E-state index in [0.29, 0.717) is 17.2 Å². The zero-order valence-corrected chi connectivity index (χ0v) is 21.4. The average molecular weight is 585 g/mol. The number of rotatable bonds is 5. The number of fused-ring (bicyclic) bond motifs is 1. The van der Waals surface area contributed by atoms with E-state index < -0.39 is 29.7 Å². The summed E-state index contributed by atoms with van der Waals surface area (Å²) in [5.74, 6) is 0.868. The van der Waals surface area contributed by atoms with Crippen LogP contribution < -0.4 is 4.90 Å². The first kappa shape index (κ1) is 26.7. The lowest BCUT2D eigenvalue weighted by Crippen LogP contribution is -2.26. The third-order valence-corrected chi connectivity index (χ3v) is 6.97. The van der Waals surface area contributed by atoms with Gasteiger partial charge in [-0.25, -0.2) is 24.9 Å². The van der Waals surface area contributed by atoms with E-state index in [1.165, 1.54) is 23.3 Å². The monoisotopic (exact) mass is 584 g/mol. The molecule has 0 bridgehead atoms. The molecule has 0 saturated carbocycles. The maximum absolute atomic E-state index is 13.6. The first-order chi connectivity index (χ1) is 18.3. The number of anilines is 1. The van der Waals surface area contributed by atoms with Crippen LogP contribution in [0.2, 0.25) is 5.02 Å². The van der Waals surface area contributed by atoms with Gasteiger partial charge in [-0.3, -0.25) is 0 Å². The summed E-state index contributed by atoms with van der Waals surface area (Å²) >= 11 is 6.85. The molecule has 5 aromatic rings. The summed E-state index contributed by atoms with van der Waals surface area (Å²) in [4.78, 5) is 21.9. The van der Waals surface area contributed by atoms with Crippen LogP contribution in [-0.2, 0) is 12.4 Å². The average Bonchev–Trinajstić information content (AvgIpc) is 3.57. The highest BCUT2D eigenvalue weighted by molar-refractivity contribution is 7.13. The van der Waals surface area contributed by atoms with Crippen LogP contribution in [0, 0.1) is 0 Å². The number of hydrogen-bond acceptors (Lipinski definition) is 8. The molecule has 39 heavy (non-hydrogen) atoms. The van der Waals surface area contributed by atoms with Gasteiger partial charge in [-0.05, 0) is 31.2 Å². The molecule has 0 fully saturated rings. The van der Waals surface area contributed by atoms with Crippen LogP contribution in [0.4, 0.5) is 32.2 Å². The van der Waals surface area contributed by atoms with Crippen molar-refractivity contribution in [1.82, 2.24) is 34.7 Å². The van der Waals surface area contributed by atoms with Crippen molar-refractivity contribution in [3.8, 4) is 16.4 Å². The molecule has 0 aliphatic heterocycles. The van der Waals surface area contributed by atoms with E-state index in [1.54, 1.807) is 31.0 Å². The Morgan fingerprint density at radius 1 is 0.974 bits per heavy atom. The zero-order chi connectivity index (χ0) is 28.1. The van der Waals surface area contributed by atoms with Gasteiger partial charge in [-0.2, -0.15) is 36.1 Å². The SMILES string of the molecule is CC(c1ncnn1-c1ccc(-c2nc(C(F)(F)F)cs2)cn1)N(C)c1ncnc2c(C(F)(F)F)cc(Cl)cc12. The van der Waals surface area contributed by atoms with Crippen LogP contribution in [0.3, 0.4) is 0 Å². The summed E-state index contributed by atoms with van der Waals surface area (Å²) in [6, 6.07) is 4.70. The van der Waals surface area contributed by atoms with Crippen LogP contribution in [0.5, 0.6) is 0 Å². The van der Waals surface area contributed by atoms with Gasteiger partial charge in [0.15, 0.2) is 17.3 Å². The molecule has 1 aromatic carbocycles. The van der Waals surface area contributed by atoms with E-state index in [0.717, 1.165) is 29.1 Å². The smallest absolute Gasteiger partial charge is 0.349 e. The van der Waals surface area contributed by atoms with E-state index >= 15 is 0 Å². The van der Waals surface area contributed by atoms with Gasteiger partial charge in [0.1, 0.15) is 23.5 Å². The predicted molar refractivity (Wildman–Crippen MR) is 132 cm³/mol. The number of hydrogen-bond donors (Lipinski definition) is 0. The molecule has 0 radical (unpaired) electrons. The zero-order valence-electron chi connectivity index (χ0n) is 19.8. The van der Waals surface area contributed by atoms with Crippen LogP contribution in [0.25, 0.3) is 27.3 Å². The number of aromatic nitrogens is 7. The highest BCUT2D eigenvalue weighted by atomic mass is 35.5. The minimum Gasteiger partial charge on any atom is -0.349 e. The Kier molecular flexibility index (Phi) is 6.66. The second-order valence-electron chi connectivity index (χ2n) is 8.30. The maximum atomic E-state index is 13.6. The largest absolute Gasteiger partial charge is 0.434 e. The van der Waals surface area contributed by atoms with Gasteiger partial charge in [-0.15, -0.1) is 11.3 Å². The van der Waals surface area contributed by atoms with Gasteiger partial charge in [0.25, 0.3) is 0 Å². The summed E-state index contributed by atoms with van der Waals surface area (Å²) in [7, 11) is 1.62. The number of thiazole rings is 1. The first-order valence-corrected chi connectivity index (χ1v) is 12.2. The van der Waals surface area contributed by atoms with E-state index in [2.05, 4.69) is 30.0 Å². The molecule has 0 amide bonds. The molecule has 1 atom stereocenters. The second-order valence-corrected chi connectivity index (χ2v) is 9.60. The van der Waals surface area contributed by atoms with Crippen LogP contribution in [-0.4, -0.2) is 41.7 Å². The molecular formula is C23H15ClF6N8S. The molecule has 0 saturated heterocycles. The van der Waals surface area contributed by atoms with Crippen molar-refractivity contribution in [2.75, 3.05) is 11.9 Å². The Labute approximate surface area is 225 Å². The van der Waals surface area contributed by atoms with E-state index in [-0.39, 0.29) is 26.8 Å². The maximum Gasteiger partial charge on any atom is 0.434 e. The fourth-order valence-corrected chi connectivity index (χ4v) is 4.90. The second kappa shape index (κ2) is 9.72. The number of pyridine rings is 1. The lowest BCUT2D eigenvalue weighted by atomic mass is 10.1. The van der Waals surface area contributed by atoms with E-state index in [9.17, 15) is 26.3 Å². The molecule has 0 N–H and O–H groups in total. The van der Waals surface area contributed by atoms with Crippen LogP contribution in [0.1, 0.15) is 30.0 Å². The van der Waals surface area contributed by atoms with Crippen molar-refractivity contribution in [2.45, 2.75) is 25.3 Å². The predicted octanol–water partition coefficient (Wildman–Crippen LogP) is 6.62. The van der Waals surface area contributed by atoms with Gasteiger partial charge < -0.3 is 4.90 Å². The summed E-state index contributed by atoms with van der Waals surface area (Å²) in [6.07, 6.45) is -5.54. The molecule has 4 aromatic heterocycles. The minimum atomic E-state index is -4.68. The van der Waals surface area contributed by atoms with Gasteiger partial charge in [-0.1, -0.05) is 11.6 Å². The van der Waals surface area contributed by atoms with Crippen molar-refractivity contribution < 1.29 is 26.3 Å². The molecule has 1 unspecified atom stereocenters. The molecular weight excluding hydrogens is 570 g/mol. The third-order valence-electron chi connectivity index (χ3n) is 5.86. The van der Waals surface area contributed by atoms with Crippen LogP contribution >= 0.6 is 22.9 Å². The number of alkyl halides is 6. The third kappa shape index (κ3) is 5.11. The summed E-state index contributed by atoms with van der Waals surface area (Å²) in [5.41, 5.74) is -1.88. The molecule has 0 spiro atoms. The Morgan fingerprint density at radius 3 is 2.38 bits per heavy atom. The van der Waals surface area contributed by atoms with Crippen molar-refractivity contribution >= 4 is 39.7 Å². The summed E-state index contributed by atoms with van der Waals surface area (Å²) < 4.78 is 81.0. The first-order valence-electron chi connectivity index (χ1n) is 11.0. The molecule has 202 valence electrons. The van der Waals surface area contributed by atoms with Crippen molar-refractivity contribution in [2.24, 2.45) is 0 Å². The van der Waals surface area contributed by atoms with Crippen molar-refractivity contribution in [3.05, 3.63) is 70.6 Å². The molecule has 0 aliphatic rings. The number of benzene rings is 1. The van der Waals surface area contributed by atoms with E-state index in [4.69, 9.17) is 11.6 Å². The Hall–Kier alpha value is -3.85. The highest BCUT2D eigenvalue weighted by Gasteiger charge is 2.35. The van der Waals surface area contributed by atoms with Crippen molar-refractivity contribution in [3.63, 3.8) is 0 Å². The molecule has 8 nitrogen and oxygen atoms in total. The number of halogens is 7. The molecule has 0 aliphatic carbocycles. The van der Waals surface area contributed by atoms with Gasteiger partial charge in [0.2, 0.25) is 0 Å². The summed E-state index contributed by atoms with van der Waals surface area (Å²) in [6.45, 7) is 1.74. The highest BCUT2D eigenvalue weighted by Crippen LogP contribution is 2.39. The quantitative estimate of drug-likeness (QED) is 0.215. The molecule has 16 heteroatoms. The van der Waals surface area contributed by atoms with E-state index in [1.807, 2.05) is 0 Å². The fraction of sp³-hybridized carbons (Fsp3) is 0.217. The minimum absolute atomic E-state index is 0.0990. The normalized spacial score (nSPS) is 13.2.